The molecular weight excluding hydrogens is 376 g/mol. The fourth-order valence-electron chi connectivity index (χ4n) is 2.68. The molecule has 9 heteroatoms. The standard InChI is InChI=1S/C19H18N6O2S/c1-12-7-9-20-18-22-16(24-25(12)18)17(26)23-19-21-15(11-28-19)14-5-3-13(4-6-14)8-10-27-2/h3-7,9,11H,8,10H2,1-2H3,(H,21,23,26). The predicted molar refractivity (Wildman–Crippen MR) is 107 cm³/mol. The maximum atomic E-state index is 12.5. The average Bonchev–Trinajstić information content (AvgIpc) is 3.35. The van der Waals surface area contributed by atoms with Crippen LogP contribution in [0.3, 0.4) is 0 Å². The van der Waals surface area contributed by atoms with Crippen molar-refractivity contribution in [1.29, 1.82) is 0 Å². The molecule has 3 aromatic heterocycles. The van der Waals surface area contributed by atoms with Gasteiger partial charge in [-0.15, -0.1) is 16.4 Å². The first-order chi connectivity index (χ1) is 13.6. The highest BCUT2D eigenvalue weighted by Crippen LogP contribution is 2.25. The van der Waals surface area contributed by atoms with E-state index in [0.717, 1.165) is 23.4 Å². The number of anilines is 1. The van der Waals surface area contributed by atoms with Crippen molar-refractivity contribution < 1.29 is 9.53 Å². The Morgan fingerprint density at radius 3 is 2.79 bits per heavy atom. The first-order valence-corrected chi connectivity index (χ1v) is 9.55. The topological polar surface area (TPSA) is 94.3 Å². The lowest BCUT2D eigenvalue weighted by molar-refractivity contribution is 0.101. The third-order valence-electron chi connectivity index (χ3n) is 4.20. The molecule has 1 amide bonds. The summed E-state index contributed by atoms with van der Waals surface area (Å²) < 4.78 is 6.63. The molecule has 0 aliphatic heterocycles. The molecule has 4 aromatic rings. The highest BCUT2D eigenvalue weighted by atomic mass is 32.1. The predicted octanol–water partition coefficient (Wildman–Crippen LogP) is 3.00. The molecule has 0 spiro atoms. The molecule has 0 unspecified atom stereocenters. The van der Waals surface area contributed by atoms with Crippen LogP contribution in [0.2, 0.25) is 0 Å². The maximum absolute atomic E-state index is 12.5. The van der Waals surface area contributed by atoms with Crippen molar-refractivity contribution in [3.8, 4) is 11.3 Å². The molecule has 28 heavy (non-hydrogen) atoms. The Bertz CT molecular complexity index is 1120. The molecule has 4 rings (SSSR count). The molecule has 0 atom stereocenters. The summed E-state index contributed by atoms with van der Waals surface area (Å²) in [4.78, 5) is 25.2. The molecule has 0 radical (unpaired) electrons. The highest BCUT2D eigenvalue weighted by molar-refractivity contribution is 7.14. The smallest absolute Gasteiger partial charge is 0.297 e. The fourth-order valence-corrected chi connectivity index (χ4v) is 3.40. The SMILES string of the molecule is COCCc1ccc(-c2csc(NC(=O)c3nc4nccc(C)n4n3)n2)cc1. The molecule has 8 nitrogen and oxygen atoms in total. The summed E-state index contributed by atoms with van der Waals surface area (Å²) in [6.45, 7) is 2.57. The van der Waals surface area contributed by atoms with Crippen molar-refractivity contribution >= 4 is 28.2 Å². The van der Waals surface area contributed by atoms with Crippen LogP contribution < -0.4 is 5.32 Å². The fraction of sp³-hybridized carbons (Fsp3) is 0.211. The summed E-state index contributed by atoms with van der Waals surface area (Å²) in [7, 11) is 1.69. The van der Waals surface area contributed by atoms with Gasteiger partial charge in [-0.3, -0.25) is 10.1 Å². The summed E-state index contributed by atoms with van der Waals surface area (Å²) in [6.07, 6.45) is 2.50. The van der Waals surface area contributed by atoms with Crippen molar-refractivity contribution in [3.63, 3.8) is 0 Å². The van der Waals surface area contributed by atoms with Gasteiger partial charge in [0.15, 0.2) is 5.13 Å². The van der Waals surface area contributed by atoms with Gasteiger partial charge in [0, 0.05) is 29.9 Å². The molecule has 0 bridgehead atoms. The number of ether oxygens (including phenoxy) is 1. The van der Waals surface area contributed by atoms with E-state index in [9.17, 15) is 4.79 Å². The molecule has 0 aliphatic carbocycles. The Labute approximate surface area is 165 Å². The number of aryl methyl sites for hydroxylation is 1. The highest BCUT2D eigenvalue weighted by Gasteiger charge is 2.16. The van der Waals surface area contributed by atoms with Gasteiger partial charge in [-0.2, -0.15) is 4.98 Å². The molecule has 0 saturated carbocycles. The molecule has 1 N–H and O–H groups in total. The van der Waals surface area contributed by atoms with Gasteiger partial charge in [0.05, 0.1) is 12.3 Å². The molecule has 0 aliphatic rings. The van der Waals surface area contributed by atoms with Crippen molar-refractivity contribution in [2.45, 2.75) is 13.3 Å². The quantitative estimate of drug-likeness (QED) is 0.540. The van der Waals surface area contributed by atoms with E-state index in [2.05, 4.69) is 37.5 Å². The molecular formula is C19H18N6O2S. The van der Waals surface area contributed by atoms with Gasteiger partial charge in [0.1, 0.15) is 0 Å². The number of thiazole rings is 1. The Balaban J connectivity index is 1.48. The van der Waals surface area contributed by atoms with Crippen LogP contribution in [-0.4, -0.2) is 44.2 Å². The van der Waals surface area contributed by atoms with Crippen LogP contribution in [0.1, 0.15) is 21.9 Å². The zero-order chi connectivity index (χ0) is 19.5. The molecule has 3 heterocycles. The first kappa shape index (κ1) is 18.2. The first-order valence-electron chi connectivity index (χ1n) is 8.67. The van der Waals surface area contributed by atoms with Gasteiger partial charge >= 0.3 is 0 Å². The van der Waals surface area contributed by atoms with Crippen LogP contribution in [0.15, 0.2) is 41.9 Å². The summed E-state index contributed by atoms with van der Waals surface area (Å²) in [6, 6.07) is 9.95. The van der Waals surface area contributed by atoms with E-state index in [1.54, 1.807) is 19.4 Å². The van der Waals surface area contributed by atoms with Crippen molar-refractivity contribution in [3.05, 3.63) is 59.0 Å². The number of hydrogen-bond acceptors (Lipinski definition) is 7. The van der Waals surface area contributed by atoms with Crippen LogP contribution in [-0.2, 0) is 11.2 Å². The second-order valence-electron chi connectivity index (χ2n) is 6.17. The van der Waals surface area contributed by atoms with E-state index in [1.165, 1.54) is 21.4 Å². The number of nitrogens with one attached hydrogen (secondary N) is 1. The lowest BCUT2D eigenvalue weighted by atomic mass is 10.1. The van der Waals surface area contributed by atoms with Crippen LogP contribution in [0.4, 0.5) is 5.13 Å². The Hall–Kier alpha value is -3.17. The van der Waals surface area contributed by atoms with Crippen LogP contribution >= 0.6 is 11.3 Å². The van der Waals surface area contributed by atoms with Gasteiger partial charge in [-0.1, -0.05) is 24.3 Å². The third-order valence-corrected chi connectivity index (χ3v) is 4.96. The van der Waals surface area contributed by atoms with Crippen LogP contribution in [0.25, 0.3) is 17.0 Å². The van der Waals surface area contributed by atoms with E-state index >= 15 is 0 Å². The van der Waals surface area contributed by atoms with E-state index in [4.69, 9.17) is 4.74 Å². The minimum atomic E-state index is -0.416. The minimum absolute atomic E-state index is 0.0565. The molecule has 142 valence electrons. The van der Waals surface area contributed by atoms with Crippen LogP contribution in [0, 0.1) is 6.92 Å². The van der Waals surface area contributed by atoms with Crippen molar-refractivity contribution in [1.82, 2.24) is 24.6 Å². The summed E-state index contributed by atoms with van der Waals surface area (Å²) in [5.41, 5.74) is 3.85. The summed E-state index contributed by atoms with van der Waals surface area (Å²) >= 11 is 1.35. The number of methoxy groups -OCH3 is 1. The number of carbonyl (C=O) groups excluding carboxylic acids is 1. The average molecular weight is 394 g/mol. The van der Waals surface area contributed by atoms with Gasteiger partial charge in [0.2, 0.25) is 5.82 Å². The van der Waals surface area contributed by atoms with E-state index in [-0.39, 0.29) is 5.82 Å². The molecule has 1 aromatic carbocycles. The number of rotatable bonds is 6. The lowest BCUT2D eigenvalue weighted by Gasteiger charge is -2.02. The largest absolute Gasteiger partial charge is 0.384 e. The minimum Gasteiger partial charge on any atom is -0.384 e. The second kappa shape index (κ2) is 7.83. The zero-order valence-electron chi connectivity index (χ0n) is 15.4. The maximum Gasteiger partial charge on any atom is 0.297 e. The Morgan fingerprint density at radius 2 is 2.04 bits per heavy atom. The summed E-state index contributed by atoms with van der Waals surface area (Å²) in [5, 5.41) is 9.36. The number of hydrogen-bond donors (Lipinski definition) is 1. The number of benzene rings is 1. The summed E-state index contributed by atoms with van der Waals surface area (Å²) in [5.74, 6) is 0.0281. The number of amides is 1. The second-order valence-corrected chi connectivity index (χ2v) is 7.02. The van der Waals surface area contributed by atoms with Crippen molar-refractivity contribution in [2.75, 3.05) is 19.0 Å². The van der Waals surface area contributed by atoms with E-state index in [0.29, 0.717) is 17.5 Å². The number of nitrogens with zero attached hydrogens (tertiary/aromatic N) is 5. The van der Waals surface area contributed by atoms with Gasteiger partial charge < -0.3 is 4.74 Å². The van der Waals surface area contributed by atoms with E-state index in [1.807, 2.05) is 24.4 Å². The normalized spacial score (nSPS) is 11.1. The van der Waals surface area contributed by atoms with Crippen molar-refractivity contribution in [2.24, 2.45) is 0 Å². The number of aromatic nitrogens is 5. The van der Waals surface area contributed by atoms with Gasteiger partial charge in [0.25, 0.3) is 11.7 Å². The Kier molecular flexibility index (Phi) is 5.09. The number of fused-ring (bicyclic) bond motifs is 1. The van der Waals surface area contributed by atoms with E-state index < -0.39 is 5.91 Å². The lowest BCUT2D eigenvalue weighted by Crippen LogP contribution is -2.13. The molecule has 0 fully saturated rings. The Morgan fingerprint density at radius 1 is 1.21 bits per heavy atom. The van der Waals surface area contributed by atoms with Gasteiger partial charge in [-0.25, -0.2) is 14.5 Å². The molecule has 0 saturated heterocycles. The van der Waals surface area contributed by atoms with Gasteiger partial charge in [-0.05, 0) is 25.0 Å². The third kappa shape index (κ3) is 3.75. The zero-order valence-corrected chi connectivity index (χ0v) is 16.2. The van der Waals surface area contributed by atoms with Crippen LogP contribution in [0.5, 0.6) is 0 Å². The monoisotopic (exact) mass is 394 g/mol. The number of carbonyl (C=O) groups is 1.